The first-order valence-corrected chi connectivity index (χ1v) is 8.05. The highest BCUT2D eigenvalue weighted by atomic mass is 127. The Labute approximate surface area is 160 Å². The number of hydrogen-bond acceptors (Lipinski definition) is 2. The maximum atomic E-state index is 5.91. The minimum Gasteiger partial charge on any atom is -0.489 e. The van der Waals surface area contributed by atoms with Crippen molar-refractivity contribution < 1.29 is 4.74 Å². The van der Waals surface area contributed by atoms with E-state index in [4.69, 9.17) is 4.74 Å². The van der Waals surface area contributed by atoms with Crippen molar-refractivity contribution in [2.45, 2.75) is 19.4 Å². The Kier molecular flexibility index (Phi) is 6.90. The lowest BCUT2D eigenvalue weighted by atomic mass is 10.2. The summed E-state index contributed by atoms with van der Waals surface area (Å²) in [6, 6.07) is 18.4. The number of ether oxygens (including phenoxy) is 1. The maximum absolute atomic E-state index is 5.91. The van der Waals surface area contributed by atoms with E-state index in [0.29, 0.717) is 6.54 Å². The molecule has 0 aliphatic carbocycles. The minimum absolute atomic E-state index is 0. The van der Waals surface area contributed by atoms with E-state index < -0.39 is 0 Å². The van der Waals surface area contributed by atoms with Gasteiger partial charge in [-0.2, -0.15) is 0 Å². The molecule has 1 heterocycles. The lowest BCUT2D eigenvalue weighted by Crippen LogP contribution is -2.44. The van der Waals surface area contributed by atoms with Gasteiger partial charge in [-0.15, -0.1) is 24.0 Å². The molecule has 0 saturated carbocycles. The van der Waals surface area contributed by atoms with Crippen molar-refractivity contribution in [2.24, 2.45) is 4.99 Å². The molecule has 1 aliphatic heterocycles. The number of halogens is 1. The van der Waals surface area contributed by atoms with E-state index in [0.717, 1.165) is 24.7 Å². The van der Waals surface area contributed by atoms with E-state index >= 15 is 0 Å². The molecule has 1 atom stereocenters. The van der Waals surface area contributed by atoms with Crippen LogP contribution < -0.4 is 15.0 Å². The van der Waals surface area contributed by atoms with Gasteiger partial charge in [-0.25, -0.2) is 0 Å². The second-order valence-electron chi connectivity index (χ2n) is 5.70. The molecule has 128 valence electrons. The molecule has 0 spiro atoms. The summed E-state index contributed by atoms with van der Waals surface area (Å²) in [6.45, 7) is 3.73. The summed E-state index contributed by atoms with van der Waals surface area (Å²) in [5.74, 6) is 1.79. The highest BCUT2D eigenvalue weighted by Crippen LogP contribution is 2.27. The van der Waals surface area contributed by atoms with Crippen molar-refractivity contribution in [2.75, 3.05) is 25.0 Å². The molecule has 1 N–H and O–H groups in total. The Balaban J connectivity index is 0.00000208. The van der Waals surface area contributed by atoms with Gasteiger partial charge in [0.1, 0.15) is 11.9 Å². The fraction of sp³-hybridized carbons (Fsp3) is 0.316. The van der Waals surface area contributed by atoms with Crippen molar-refractivity contribution in [1.29, 1.82) is 0 Å². The van der Waals surface area contributed by atoms with Gasteiger partial charge in [0.25, 0.3) is 0 Å². The summed E-state index contributed by atoms with van der Waals surface area (Å²) >= 11 is 0. The Morgan fingerprint density at radius 1 is 1.17 bits per heavy atom. The second-order valence-corrected chi connectivity index (χ2v) is 5.70. The SMILES string of the molecule is CN=C(NCC(C)Oc1ccccc1)N1CCc2ccccc21.I. The van der Waals surface area contributed by atoms with Gasteiger partial charge >= 0.3 is 0 Å². The number of aliphatic imine (C=N–C) groups is 1. The highest BCUT2D eigenvalue weighted by Gasteiger charge is 2.22. The molecule has 3 rings (SSSR count). The smallest absolute Gasteiger partial charge is 0.198 e. The molecular weight excluding hydrogens is 413 g/mol. The molecule has 24 heavy (non-hydrogen) atoms. The Morgan fingerprint density at radius 2 is 1.88 bits per heavy atom. The molecule has 2 aromatic carbocycles. The van der Waals surface area contributed by atoms with Crippen molar-refractivity contribution >= 4 is 35.6 Å². The fourth-order valence-electron chi connectivity index (χ4n) is 2.86. The Hall–Kier alpha value is -1.76. The van der Waals surface area contributed by atoms with E-state index in [1.165, 1.54) is 11.3 Å². The quantitative estimate of drug-likeness (QED) is 0.450. The van der Waals surface area contributed by atoms with E-state index in [1.807, 2.05) is 37.4 Å². The molecule has 2 aromatic rings. The van der Waals surface area contributed by atoms with Crippen LogP contribution in [0, 0.1) is 0 Å². The van der Waals surface area contributed by atoms with Crippen LogP contribution >= 0.6 is 24.0 Å². The molecule has 1 unspecified atom stereocenters. The van der Waals surface area contributed by atoms with Crippen LogP contribution in [-0.4, -0.2) is 32.2 Å². The molecule has 0 radical (unpaired) electrons. The number of benzene rings is 2. The lowest BCUT2D eigenvalue weighted by Gasteiger charge is -2.24. The number of fused-ring (bicyclic) bond motifs is 1. The van der Waals surface area contributed by atoms with Crippen LogP contribution in [0.2, 0.25) is 0 Å². The van der Waals surface area contributed by atoms with Gasteiger partial charge in [0.2, 0.25) is 0 Å². The molecular formula is C19H24IN3O. The molecule has 5 heteroatoms. The molecule has 0 saturated heterocycles. The fourth-order valence-corrected chi connectivity index (χ4v) is 2.86. The lowest BCUT2D eigenvalue weighted by molar-refractivity contribution is 0.224. The van der Waals surface area contributed by atoms with Gasteiger partial charge in [-0.1, -0.05) is 36.4 Å². The summed E-state index contributed by atoms with van der Waals surface area (Å²) in [4.78, 5) is 6.66. The zero-order valence-electron chi connectivity index (χ0n) is 14.1. The van der Waals surface area contributed by atoms with Crippen LogP contribution in [0.1, 0.15) is 12.5 Å². The first kappa shape index (κ1) is 18.6. The van der Waals surface area contributed by atoms with Crippen LogP contribution in [0.5, 0.6) is 5.75 Å². The summed E-state index contributed by atoms with van der Waals surface area (Å²) in [5.41, 5.74) is 2.63. The number of guanidine groups is 1. The standard InChI is InChI=1S/C19H23N3O.HI/c1-15(23-17-9-4-3-5-10-17)14-21-19(20-2)22-13-12-16-8-6-7-11-18(16)22;/h3-11,15H,12-14H2,1-2H3,(H,20,21);1H. The first-order chi connectivity index (χ1) is 11.3. The van der Waals surface area contributed by atoms with Crippen molar-refractivity contribution in [1.82, 2.24) is 5.32 Å². The van der Waals surface area contributed by atoms with Crippen molar-refractivity contribution in [3.63, 3.8) is 0 Å². The number of hydrogen-bond donors (Lipinski definition) is 1. The van der Waals surface area contributed by atoms with Gasteiger partial charge in [0.05, 0.1) is 6.54 Å². The Morgan fingerprint density at radius 3 is 2.62 bits per heavy atom. The zero-order valence-corrected chi connectivity index (χ0v) is 16.4. The number of para-hydroxylation sites is 2. The predicted molar refractivity (Wildman–Crippen MR) is 111 cm³/mol. The molecule has 1 aliphatic rings. The van der Waals surface area contributed by atoms with Crippen LogP contribution in [0.25, 0.3) is 0 Å². The van der Waals surface area contributed by atoms with Crippen LogP contribution in [0.15, 0.2) is 59.6 Å². The third-order valence-corrected chi connectivity index (χ3v) is 3.98. The molecule has 0 aromatic heterocycles. The molecule has 4 nitrogen and oxygen atoms in total. The van der Waals surface area contributed by atoms with Crippen molar-refractivity contribution in [3.8, 4) is 5.75 Å². The average molecular weight is 437 g/mol. The number of rotatable bonds is 4. The topological polar surface area (TPSA) is 36.9 Å². The molecule has 0 amide bonds. The highest BCUT2D eigenvalue weighted by molar-refractivity contribution is 14.0. The van der Waals surface area contributed by atoms with Crippen LogP contribution in [0.4, 0.5) is 5.69 Å². The Bertz CT molecular complexity index is 675. The van der Waals surface area contributed by atoms with E-state index in [-0.39, 0.29) is 30.1 Å². The number of nitrogens with one attached hydrogen (secondary N) is 1. The minimum atomic E-state index is 0. The summed E-state index contributed by atoms with van der Waals surface area (Å²) in [6.07, 6.45) is 1.12. The van der Waals surface area contributed by atoms with Gasteiger partial charge in [-0.05, 0) is 37.1 Å². The number of nitrogens with zero attached hydrogens (tertiary/aromatic N) is 2. The average Bonchev–Trinajstić information content (AvgIpc) is 3.01. The predicted octanol–water partition coefficient (Wildman–Crippen LogP) is 3.71. The largest absolute Gasteiger partial charge is 0.489 e. The maximum Gasteiger partial charge on any atom is 0.198 e. The van der Waals surface area contributed by atoms with Crippen LogP contribution in [-0.2, 0) is 6.42 Å². The molecule has 0 bridgehead atoms. The van der Waals surface area contributed by atoms with E-state index in [9.17, 15) is 0 Å². The monoisotopic (exact) mass is 437 g/mol. The van der Waals surface area contributed by atoms with Crippen molar-refractivity contribution in [3.05, 3.63) is 60.2 Å². The normalized spacial score (nSPS) is 14.6. The van der Waals surface area contributed by atoms with Gasteiger partial charge < -0.3 is 15.0 Å². The molecule has 0 fully saturated rings. The van der Waals surface area contributed by atoms with Gasteiger partial charge in [0.15, 0.2) is 5.96 Å². The summed E-state index contributed by atoms with van der Waals surface area (Å²) in [5, 5.41) is 3.42. The van der Waals surface area contributed by atoms with Gasteiger partial charge in [-0.3, -0.25) is 4.99 Å². The van der Waals surface area contributed by atoms with E-state index in [1.54, 1.807) is 0 Å². The third-order valence-electron chi connectivity index (χ3n) is 3.98. The second kappa shape index (κ2) is 8.92. The summed E-state index contributed by atoms with van der Waals surface area (Å²) < 4.78 is 5.91. The zero-order chi connectivity index (χ0) is 16.1. The summed E-state index contributed by atoms with van der Waals surface area (Å²) in [7, 11) is 1.83. The van der Waals surface area contributed by atoms with E-state index in [2.05, 4.69) is 46.4 Å². The first-order valence-electron chi connectivity index (χ1n) is 8.05. The van der Waals surface area contributed by atoms with Gasteiger partial charge in [0, 0.05) is 19.3 Å². The third kappa shape index (κ3) is 4.41. The number of anilines is 1. The van der Waals surface area contributed by atoms with Crippen LogP contribution in [0.3, 0.4) is 0 Å².